The number of aromatic hydroxyl groups is 2. The molecular formula is C11H9N7O3. The Bertz CT molecular complexity index is 830. The van der Waals surface area contributed by atoms with E-state index in [0.29, 0.717) is 5.56 Å². The van der Waals surface area contributed by atoms with Crippen LogP contribution in [0.25, 0.3) is 11.3 Å². The first-order valence-corrected chi connectivity index (χ1v) is 5.70. The minimum atomic E-state index is -0.115. The number of phenolic OH excluding ortho intramolecular Hbond substituents is 2. The highest BCUT2D eigenvalue weighted by Gasteiger charge is 2.09. The van der Waals surface area contributed by atoms with Gasteiger partial charge in [-0.1, -0.05) is 0 Å². The first-order valence-electron chi connectivity index (χ1n) is 5.70. The molecule has 5 N–H and O–H groups in total. The highest BCUT2D eigenvalue weighted by atomic mass is 16.6. The van der Waals surface area contributed by atoms with Gasteiger partial charge in [-0.15, -0.1) is 0 Å². The SMILES string of the molecule is Nc1nc2nonc2nc1NN=Cc1ccc(O)cc1O. The normalized spacial score (nSPS) is 11.2. The molecule has 0 saturated heterocycles. The first-order chi connectivity index (χ1) is 10.1. The third kappa shape index (κ3) is 2.49. The lowest BCUT2D eigenvalue weighted by atomic mass is 10.2. The maximum atomic E-state index is 9.59. The van der Waals surface area contributed by atoms with Gasteiger partial charge in [0.25, 0.3) is 0 Å². The van der Waals surface area contributed by atoms with Gasteiger partial charge in [0.1, 0.15) is 11.5 Å². The number of nitrogens with zero attached hydrogens (tertiary/aromatic N) is 5. The maximum Gasteiger partial charge on any atom is 0.245 e. The summed E-state index contributed by atoms with van der Waals surface area (Å²) in [6, 6.07) is 4.11. The molecule has 0 radical (unpaired) electrons. The number of nitrogens with one attached hydrogen (secondary N) is 1. The second kappa shape index (κ2) is 4.92. The van der Waals surface area contributed by atoms with E-state index in [1.54, 1.807) is 0 Å². The molecular weight excluding hydrogens is 278 g/mol. The molecule has 0 aliphatic rings. The Morgan fingerprint density at radius 3 is 2.71 bits per heavy atom. The Morgan fingerprint density at radius 2 is 1.95 bits per heavy atom. The van der Waals surface area contributed by atoms with Crippen LogP contribution in [0.15, 0.2) is 27.9 Å². The number of anilines is 2. The number of phenols is 2. The summed E-state index contributed by atoms with van der Waals surface area (Å²) in [6.45, 7) is 0. The van der Waals surface area contributed by atoms with Gasteiger partial charge in [-0.3, -0.25) is 5.43 Å². The lowest BCUT2D eigenvalue weighted by Crippen LogP contribution is -2.02. The van der Waals surface area contributed by atoms with Gasteiger partial charge >= 0.3 is 0 Å². The van der Waals surface area contributed by atoms with Crippen LogP contribution in [0.5, 0.6) is 11.5 Å². The van der Waals surface area contributed by atoms with Crippen molar-refractivity contribution in [3.63, 3.8) is 0 Å². The van der Waals surface area contributed by atoms with Crippen LogP contribution in [0.1, 0.15) is 5.56 Å². The highest BCUT2D eigenvalue weighted by molar-refractivity contribution is 5.84. The molecule has 0 atom stereocenters. The second-order valence-corrected chi connectivity index (χ2v) is 3.98. The quantitative estimate of drug-likeness (QED) is 0.396. The van der Waals surface area contributed by atoms with E-state index in [1.807, 2.05) is 0 Å². The van der Waals surface area contributed by atoms with E-state index < -0.39 is 0 Å². The van der Waals surface area contributed by atoms with Gasteiger partial charge in [-0.25, -0.2) is 9.61 Å². The van der Waals surface area contributed by atoms with Crippen molar-refractivity contribution in [3.05, 3.63) is 23.8 Å². The number of aromatic nitrogens is 4. The summed E-state index contributed by atoms with van der Waals surface area (Å²) in [5.41, 5.74) is 9.03. The minimum Gasteiger partial charge on any atom is -0.508 e. The van der Waals surface area contributed by atoms with Gasteiger partial charge in [0.15, 0.2) is 11.6 Å². The molecule has 106 valence electrons. The molecule has 0 amide bonds. The van der Waals surface area contributed by atoms with Crippen LogP contribution in [-0.4, -0.2) is 36.7 Å². The summed E-state index contributed by atoms with van der Waals surface area (Å²) in [4.78, 5) is 7.94. The molecule has 3 aromatic rings. The van der Waals surface area contributed by atoms with E-state index in [4.69, 9.17) is 5.73 Å². The third-order valence-corrected chi connectivity index (χ3v) is 2.53. The third-order valence-electron chi connectivity index (χ3n) is 2.53. The van der Waals surface area contributed by atoms with Gasteiger partial charge in [-0.05, 0) is 22.4 Å². The fourth-order valence-corrected chi connectivity index (χ4v) is 1.54. The van der Waals surface area contributed by atoms with Crippen LogP contribution in [0.4, 0.5) is 11.6 Å². The Morgan fingerprint density at radius 1 is 1.19 bits per heavy atom. The lowest BCUT2D eigenvalue weighted by molar-refractivity contribution is 0.314. The zero-order valence-electron chi connectivity index (χ0n) is 10.4. The van der Waals surface area contributed by atoms with Crippen LogP contribution in [0, 0.1) is 0 Å². The second-order valence-electron chi connectivity index (χ2n) is 3.98. The van der Waals surface area contributed by atoms with Crippen LogP contribution in [0.3, 0.4) is 0 Å². The van der Waals surface area contributed by atoms with Gasteiger partial charge in [0.05, 0.1) is 6.21 Å². The Balaban J connectivity index is 1.82. The van der Waals surface area contributed by atoms with Crippen LogP contribution in [0.2, 0.25) is 0 Å². The summed E-state index contributed by atoms with van der Waals surface area (Å²) in [5, 5.41) is 29.7. The van der Waals surface area contributed by atoms with E-state index in [2.05, 4.69) is 35.4 Å². The van der Waals surface area contributed by atoms with E-state index in [9.17, 15) is 10.2 Å². The predicted octanol–water partition coefficient (Wildman–Crippen LogP) is 0.452. The minimum absolute atomic E-state index is 0.0447. The number of benzene rings is 1. The number of hydrazone groups is 1. The van der Waals surface area contributed by atoms with E-state index in [-0.39, 0.29) is 34.4 Å². The average molecular weight is 287 g/mol. The van der Waals surface area contributed by atoms with Crippen molar-refractivity contribution >= 4 is 29.1 Å². The summed E-state index contributed by atoms with van der Waals surface area (Å²) >= 11 is 0. The van der Waals surface area contributed by atoms with Crippen molar-refractivity contribution < 1.29 is 14.8 Å². The van der Waals surface area contributed by atoms with Crippen LogP contribution < -0.4 is 11.2 Å². The molecule has 0 unspecified atom stereocenters. The molecule has 10 nitrogen and oxygen atoms in total. The number of hydrogen-bond donors (Lipinski definition) is 4. The molecule has 2 aromatic heterocycles. The van der Waals surface area contributed by atoms with Crippen molar-refractivity contribution in [2.24, 2.45) is 5.10 Å². The largest absolute Gasteiger partial charge is 0.508 e. The first kappa shape index (κ1) is 12.6. The Kier molecular flexibility index (Phi) is 2.95. The topological polar surface area (TPSA) is 156 Å². The van der Waals surface area contributed by atoms with Crippen molar-refractivity contribution in [2.45, 2.75) is 0 Å². The molecule has 0 fully saturated rings. The fourth-order valence-electron chi connectivity index (χ4n) is 1.54. The molecule has 0 bridgehead atoms. The monoisotopic (exact) mass is 287 g/mol. The van der Waals surface area contributed by atoms with Crippen molar-refractivity contribution in [3.8, 4) is 11.5 Å². The molecule has 0 spiro atoms. The Labute approximate surface area is 116 Å². The highest BCUT2D eigenvalue weighted by Crippen LogP contribution is 2.21. The van der Waals surface area contributed by atoms with Gasteiger partial charge in [0, 0.05) is 11.6 Å². The van der Waals surface area contributed by atoms with Crippen molar-refractivity contribution in [1.29, 1.82) is 0 Å². The van der Waals surface area contributed by atoms with Crippen LogP contribution >= 0.6 is 0 Å². The summed E-state index contributed by atoms with van der Waals surface area (Å²) in [7, 11) is 0. The molecule has 3 rings (SSSR count). The lowest BCUT2D eigenvalue weighted by Gasteiger charge is -2.02. The van der Waals surface area contributed by atoms with Crippen LogP contribution in [-0.2, 0) is 0 Å². The van der Waals surface area contributed by atoms with E-state index in [0.717, 1.165) is 0 Å². The summed E-state index contributed by atoms with van der Waals surface area (Å²) in [6.07, 6.45) is 1.33. The molecule has 1 aromatic carbocycles. The molecule has 0 saturated carbocycles. The number of hydrogen-bond acceptors (Lipinski definition) is 10. The van der Waals surface area contributed by atoms with Gasteiger partial charge in [-0.2, -0.15) is 10.1 Å². The number of rotatable bonds is 3. The van der Waals surface area contributed by atoms with E-state index >= 15 is 0 Å². The van der Waals surface area contributed by atoms with E-state index in [1.165, 1.54) is 24.4 Å². The van der Waals surface area contributed by atoms with Crippen molar-refractivity contribution in [1.82, 2.24) is 20.3 Å². The average Bonchev–Trinajstić information content (AvgIpc) is 2.88. The Hall–Kier alpha value is -3.43. The molecule has 0 aliphatic heterocycles. The molecule has 0 aliphatic carbocycles. The number of nitrogen functional groups attached to an aromatic ring is 1. The molecule has 21 heavy (non-hydrogen) atoms. The smallest absolute Gasteiger partial charge is 0.245 e. The summed E-state index contributed by atoms with van der Waals surface area (Å²) < 4.78 is 4.47. The fraction of sp³-hybridized carbons (Fsp3) is 0. The predicted molar refractivity (Wildman–Crippen MR) is 72.8 cm³/mol. The zero-order chi connectivity index (χ0) is 14.8. The number of fused-ring (bicyclic) bond motifs is 1. The van der Waals surface area contributed by atoms with Gasteiger partial charge in [0.2, 0.25) is 11.3 Å². The summed E-state index contributed by atoms with van der Waals surface area (Å²) in [5.74, 6) is 0.0884. The molecule has 10 heteroatoms. The van der Waals surface area contributed by atoms with Gasteiger partial charge < -0.3 is 15.9 Å². The zero-order valence-corrected chi connectivity index (χ0v) is 10.4. The number of nitrogens with two attached hydrogens (primary N) is 1. The maximum absolute atomic E-state index is 9.59. The van der Waals surface area contributed by atoms with Crippen molar-refractivity contribution in [2.75, 3.05) is 11.2 Å². The molecule has 2 heterocycles. The standard InChI is InChI=1S/C11H9N7O3/c12-8-9(15-11-10(14-8)17-21-18-11)16-13-4-5-1-2-6(19)3-7(5)20/h1-4,19-20H,(H2,12,14,17)(H,15,16,18).